The van der Waals surface area contributed by atoms with Crippen LogP contribution < -0.4 is 0 Å². The molecular formula is C21H38O4. The largest absolute Gasteiger partial charge is 0.390 e. The molecule has 4 unspecified atom stereocenters. The van der Waals surface area contributed by atoms with E-state index in [9.17, 15) is 15.3 Å². The fourth-order valence-electron chi connectivity index (χ4n) is 6.21. The van der Waals surface area contributed by atoms with Crippen molar-refractivity contribution in [2.24, 2.45) is 22.7 Å². The van der Waals surface area contributed by atoms with Crippen molar-refractivity contribution in [1.29, 1.82) is 0 Å². The summed E-state index contributed by atoms with van der Waals surface area (Å²) in [5.74, 6) is 0.305. The van der Waals surface area contributed by atoms with Crippen LogP contribution in [0.15, 0.2) is 0 Å². The molecule has 0 aromatic rings. The van der Waals surface area contributed by atoms with Gasteiger partial charge >= 0.3 is 0 Å². The molecular weight excluding hydrogens is 316 g/mol. The first-order chi connectivity index (χ1) is 11.1. The maximum Gasteiger partial charge on any atom is 0.158 e. The minimum absolute atomic E-state index is 0.00444. The van der Waals surface area contributed by atoms with Crippen LogP contribution in [0.25, 0.3) is 0 Å². The van der Waals surface area contributed by atoms with Gasteiger partial charge in [0.15, 0.2) is 6.29 Å². The van der Waals surface area contributed by atoms with Crippen LogP contribution in [0.1, 0.15) is 86.5 Å². The van der Waals surface area contributed by atoms with E-state index < -0.39 is 23.1 Å². The van der Waals surface area contributed by atoms with E-state index in [2.05, 4.69) is 41.5 Å². The highest BCUT2D eigenvalue weighted by atomic mass is 16.6. The van der Waals surface area contributed by atoms with Crippen LogP contribution in [-0.4, -0.2) is 38.4 Å². The molecule has 4 saturated carbocycles. The van der Waals surface area contributed by atoms with E-state index in [0.717, 1.165) is 25.7 Å². The minimum atomic E-state index is -0.873. The molecule has 4 fully saturated rings. The van der Waals surface area contributed by atoms with Crippen LogP contribution >= 0.6 is 0 Å². The van der Waals surface area contributed by atoms with Gasteiger partial charge in [-0.3, -0.25) is 0 Å². The minimum Gasteiger partial charge on any atom is -0.390 e. The van der Waals surface area contributed by atoms with E-state index in [1.54, 1.807) is 0 Å². The molecule has 3 N–H and O–H groups in total. The maximum absolute atomic E-state index is 11.1. The Labute approximate surface area is 153 Å². The van der Waals surface area contributed by atoms with Gasteiger partial charge in [0.1, 0.15) is 0 Å². The summed E-state index contributed by atoms with van der Waals surface area (Å²) in [6.45, 7) is 13.0. The Balaban J connectivity index is 1.80. The van der Waals surface area contributed by atoms with Crippen LogP contribution in [0, 0.1) is 22.7 Å². The molecule has 4 heteroatoms. The summed E-state index contributed by atoms with van der Waals surface area (Å²) in [6.07, 6.45) is 3.92. The SMILES string of the molecule is CC(C)(C)CC(C(O)OC12CC3CC(O)(CC(O)(C3)C1)C2)C(C)(C)C. The zero-order chi connectivity index (χ0) is 18.9. The van der Waals surface area contributed by atoms with E-state index in [-0.39, 0.29) is 16.7 Å². The Bertz CT molecular complexity index is 497. The Morgan fingerprint density at radius 1 is 0.920 bits per heavy atom. The molecule has 146 valence electrons. The van der Waals surface area contributed by atoms with Crippen molar-refractivity contribution in [2.75, 3.05) is 0 Å². The predicted molar refractivity (Wildman–Crippen MR) is 97.9 cm³/mol. The van der Waals surface area contributed by atoms with Gasteiger partial charge in [-0.1, -0.05) is 41.5 Å². The van der Waals surface area contributed by atoms with Gasteiger partial charge in [0, 0.05) is 25.2 Å². The van der Waals surface area contributed by atoms with Crippen molar-refractivity contribution in [3.05, 3.63) is 0 Å². The van der Waals surface area contributed by atoms with Gasteiger partial charge in [-0.15, -0.1) is 0 Å². The number of aliphatic hydroxyl groups excluding tert-OH is 1. The second-order valence-electron chi connectivity index (χ2n) is 11.9. The molecule has 0 amide bonds. The summed E-state index contributed by atoms with van der Waals surface area (Å²) in [4.78, 5) is 0. The van der Waals surface area contributed by atoms with Gasteiger partial charge in [-0.05, 0) is 42.4 Å². The van der Waals surface area contributed by atoms with E-state index >= 15 is 0 Å². The highest BCUT2D eigenvalue weighted by molar-refractivity contribution is 5.16. The Hall–Kier alpha value is -0.160. The number of rotatable bonds is 4. The van der Waals surface area contributed by atoms with Gasteiger partial charge in [0.05, 0.1) is 16.8 Å². The molecule has 4 nitrogen and oxygen atoms in total. The van der Waals surface area contributed by atoms with Crippen molar-refractivity contribution in [1.82, 2.24) is 0 Å². The number of hydrogen-bond donors (Lipinski definition) is 3. The molecule has 0 radical (unpaired) electrons. The average molecular weight is 355 g/mol. The molecule has 4 aliphatic carbocycles. The summed E-state index contributed by atoms with van der Waals surface area (Å²) in [5.41, 5.74) is -2.21. The first-order valence-electron chi connectivity index (χ1n) is 9.94. The Kier molecular flexibility index (Phi) is 4.44. The highest BCUT2D eigenvalue weighted by Crippen LogP contribution is 2.61. The van der Waals surface area contributed by atoms with Gasteiger partial charge in [0.2, 0.25) is 0 Å². The molecule has 4 atom stereocenters. The van der Waals surface area contributed by atoms with Crippen LogP contribution in [0.2, 0.25) is 0 Å². The van der Waals surface area contributed by atoms with Crippen molar-refractivity contribution < 1.29 is 20.1 Å². The van der Waals surface area contributed by atoms with E-state index in [4.69, 9.17) is 4.74 Å². The van der Waals surface area contributed by atoms with Crippen LogP contribution in [-0.2, 0) is 4.74 Å². The number of hydrogen-bond acceptors (Lipinski definition) is 4. The normalized spacial score (nSPS) is 43.3. The lowest BCUT2D eigenvalue weighted by Gasteiger charge is -2.63. The molecule has 0 aliphatic heterocycles. The van der Waals surface area contributed by atoms with E-state index in [0.29, 0.717) is 25.2 Å². The maximum atomic E-state index is 11.1. The number of aliphatic hydroxyl groups is 3. The summed E-state index contributed by atoms with van der Waals surface area (Å²) in [7, 11) is 0. The lowest BCUT2D eigenvalue weighted by atomic mass is 9.50. The summed E-state index contributed by atoms with van der Waals surface area (Å²) in [6, 6.07) is 0. The monoisotopic (exact) mass is 354 g/mol. The quantitative estimate of drug-likeness (QED) is 0.675. The van der Waals surface area contributed by atoms with Crippen LogP contribution in [0.4, 0.5) is 0 Å². The van der Waals surface area contributed by atoms with E-state index in [1.807, 2.05) is 0 Å². The third-order valence-electron chi connectivity index (χ3n) is 6.62. The third-order valence-corrected chi connectivity index (χ3v) is 6.62. The fourth-order valence-corrected chi connectivity index (χ4v) is 6.21. The van der Waals surface area contributed by atoms with Crippen LogP contribution in [0.3, 0.4) is 0 Å². The standard InChI is InChI=1S/C21H38O4/c1-17(2,3)10-15(18(4,5)6)16(22)25-21-9-14-7-19(23,12-21)11-20(24,8-14)13-21/h14-16,22-24H,7-13H2,1-6H3. The van der Waals surface area contributed by atoms with Gasteiger partial charge in [-0.25, -0.2) is 0 Å². The molecule has 0 heterocycles. The lowest BCUT2D eigenvalue weighted by molar-refractivity contribution is -0.314. The van der Waals surface area contributed by atoms with Gasteiger partial charge in [-0.2, -0.15) is 0 Å². The highest BCUT2D eigenvalue weighted by Gasteiger charge is 2.64. The topological polar surface area (TPSA) is 69.9 Å². The lowest BCUT2D eigenvalue weighted by Crippen LogP contribution is -2.67. The first kappa shape index (κ1) is 19.6. The summed E-state index contributed by atoms with van der Waals surface area (Å²) in [5, 5.41) is 32.9. The predicted octanol–water partition coefficient (Wildman–Crippen LogP) is 3.62. The smallest absolute Gasteiger partial charge is 0.158 e. The van der Waals surface area contributed by atoms with Crippen molar-refractivity contribution in [3.8, 4) is 0 Å². The van der Waals surface area contributed by atoms with Gasteiger partial charge in [0.25, 0.3) is 0 Å². The van der Waals surface area contributed by atoms with E-state index in [1.165, 1.54) is 0 Å². The molecule has 0 aromatic carbocycles. The zero-order valence-electron chi connectivity index (χ0n) is 16.9. The second kappa shape index (κ2) is 5.67. The molecule has 0 spiro atoms. The Morgan fingerprint density at radius 2 is 1.44 bits per heavy atom. The number of ether oxygens (including phenoxy) is 1. The third kappa shape index (κ3) is 4.07. The summed E-state index contributed by atoms with van der Waals surface area (Å²) < 4.78 is 6.35. The van der Waals surface area contributed by atoms with Crippen molar-refractivity contribution in [3.63, 3.8) is 0 Å². The molecule has 4 aliphatic rings. The molecule has 4 bridgehead atoms. The van der Waals surface area contributed by atoms with Gasteiger partial charge < -0.3 is 20.1 Å². The molecule has 25 heavy (non-hydrogen) atoms. The van der Waals surface area contributed by atoms with Crippen molar-refractivity contribution in [2.45, 2.75) is 110 Å². The first-order valence-corrected chi connectivity index (χ1v) is 9.94. The molecule has 0 aromatic heterocycles. The fraction of sp³-hybridized carbons (Fsp3) is 1.00. The van der Waals surface area contributed by atoms with Crippen LogP contribution in [0.5, 0.6) is 0 Å². The average Bonchev–Trinajstić information content (AvgIpc) is 2.27. The molecule has 0 saturated heterocycles. The van der Waals surface area contributed by atoms with Crippen molar-refractivity contribution >= 4 is 0 Å². The summed E-state index contributed by atoms with van der Waals surface area (Å²) >= 11 is 0. The zero-order valence-corrected chi connectivity index (χ0v) is 16.9. The second-order valence-corrected chi connectivity index (χ2v) is 11.9. The molecule has 4 rings (SSSR count). The Morgan fingerprint density at radius 3 is 1.84 bits per heavy atom.